The first-order chi connectivity index (χ1) is 4.30. The van der Waals surface area contributed by atoms with Crippen molar-refractivity contribution in [2.45, 2.75) is 6.04 Å². The molecule has 1 rings (SSSR count). The van der Waals surface area contributed by atoms with Gasteiger partial charge in [0.15, 0.2) is 0 Å². The Morgan fingerprint density at radius 2 is 2.67 bits per heavy atom. The first-order valence-corrected chi connectivity index (χ1v) is 2.77. The molecule has 50 valence electrons. The molecule has 0 aliphatic carbocycles. The second-order valence-electron chi connectivity index (χ2n) is 1.83. The molecule has 0 aromatic rings. The van der Waals surface area contributed by atoms with Crippen LogP contribution < -0.4 is 5.32 Å². The van der Waals surface area contributed by atoms with E-state index in [4.69, 9.17) is 5.11 Å². The van der Waals surface area contributed by atoms with E-state index < -0.39 is 12.0 Å². The minimum absolute atomic E-state index is 0.571. The lowest BCUT2D eigenvalue weighted by Gasteiger charge is -2.11. The maximum atomic E-state index is 10.2. The van der Waals surface area contributed by atoms with Gasteiger partial charge in [-0.1, -0.05) is 0 Å². The van der Waals surface area contributed by atoms with E-state index in [1.54, 1.807) is 0 Å². The molecule has 1 unspecified atom stereocenters. The minimum atomic E-state index is -0.863. The fraction of sp³-hybridized carbons (Fsp3) is 0.600. The molecule has 2 N–H and O–H groups in total. The summed E-state index contributed by atoms with van der Waals surface area (Å²) in [4.78, 5) is 14.0. The van der Waals surface area contributed by atoms with Gasteiger partial charge in [0.1, 0.15) is 6.04 Å². The van der Waals surface area contributed by atoms with Crippen LogP contribution in [0.4, 0.5) is 0 Å². The zero-order valence-electron chi connectivity index (χ0n) is 4.87. The predicted octanol–water partition coefficient (Wildman–Crippen LogP) is -0.886. The van der Waals surface area contributed by atoms with E-state index in [0.29, 0.717) is 13.1 Å². The summed E-state index contributed by atoms with van der Waals surface area (Å²) in [5, 5.41) is 11.2. The number of nitrogens with one attached hydrogen (secondary N) is 1. The van der Waals surface area contributed by atoms with E-state index in [1.807, 2.05) is 0 Å². The topological polar surface area (TPSA) is 61.7 Å². The minimum Gasteiger partial charge on any atom is -0.480 e. The number of aliphatic imine (C=N–C) groups is 1. The third-order valence-corrected chi connectivity index (χ3v) is 1.13. The van der Waals surface area contributed by atoms with Crippen LogP contribution in [0.15, 0.2) is 4.99 Å². The molecule has 1 aliphatic heterocycles. The molecule has 0 aromatic carbocycles. The average Bonchev–Trinajstić information content (AvgIpc) is 1.90. The Bertz CT molecular complexity index is 144. The molecule has 0 fully saturated rings. The number of carboxylic acid groups (broad SMARTS) is 1. The van der Waals surface area contributed by atoms with E-state index in [0.717, 1.165) is 0 Å². The van der Waals surface area contributed by atoms with E-state index in [2.05, 4.69) is 10.3 Å². The summed E-state index contributed by atoms with van der Waals surface area (Å²) < 4.78 is 0. The Labute approximate surface area is 52.6 Å². The highest BCUT2D eigenvalue weighted by molar-refractivity contribution is 5.93. The molecule has 0 spiro atoms. The third kappa shape index (κ3) is 1.50. The van der Waals surface area contributed by atoms with Gasteiger partial charge in [0.05, 0.1) is 6.54 Å². The zero-order valence-corrected chi connectivity index (χ0v) is 4.87. The van der Waals surface area contributed by atoms with Crippen LogP contribution in [0.25, 0.3) is 0 Å². The van der Waals surface area contributed by atoms with Crippen molar-refractivity contribution in [1.82, 2.24) is 5.32 Å². The van der Waals surface area contributed by atoms with Crippen LogP contribution in [0.1, 0.15) is 0 Å². The summed E-state index contributed by atoms with van der Waals surface area (Å²) in [6.45, 7) is 1.34. The number of rotatable bonds is 1. The molecular weight excluding hydrogens is 120 g/mol. The highest BCUT2D eigenvalue weighted by Crippen LogP contribution is 1.85. The van der Waals surface area contributed by atoms with Gasteiger partial charge >= 0.3 is 5.97 Å². The van der Waals surface area contributed by atoms with Crippen molar-refractivity contribution >= 4 is 12.2 Å². The number of carboxylic acids is 1. The quantitative estimate of drug-likeness (QED) is 0.481. The summed E-state index contributed by atoms with van der Waals surface area (Å²) in [6.07, 6.45) is 1.42. The number of nitrogens with zero attached hydrogens (tertiary/aromatic N) is 1. The Kier molecular flexibility index (Phi) is 1.79. The summed E-state index contributed by atoms with van der Waals surface area (Å²) >= 11 is 0. The molecule has 0 saturated heterocycles. The van der Waals surface area contributed by atoms with Crippen molar-refractivity contribution in [3.8, 4) is 0 Å². The lowest BCUT2D eigenvalue weighted by Crippen LogP contribution is -2.42. The first-order valence-electron chi connectivity index (χ1n) is 2.77. The van der Waals surface area contributed by atoms with Crippen molar-refractivity contribution < 1.29 is 9.90 Å². The van der Waals surface area contributed by atoms with Crippen LogP contribution >= 0.6 is 0 Å². The van der Waals surface area contributed by atoms with Crippen LogP contribution in [-0.4, -0.2) is 36.4 Å². The monoisotopic (exact) mass is 128 g/mol. The molecule has 9 heavy (non-hydrogen) atoms. The molecule has 0 bridgehead atoms. The standard InChI is InChI=1S/C5H8N2O2/c8-5(9)4-3-6-1-2-7-4/h3-4,7H,1-2H2,(H,8,9). The van der Waals surface area contributed by atoms with Gasteiger partial charge in [-0.25, -0.2) is 0 Å². The van der Waals surface area contributed by atoms with Crippen molar-refractivity contribution in [3.05, 3.63) is 0 Å². The van der Waals surface area contributed by atoms with E-state index in [-0.39, 0.29) is 0 Å². The number of hydrogen-bond donors (Lipinski definition) is 2. The Hall–Kier alpha value is -0.900. The Morgan fingerprint density at radius 3 is 3.00 bits per heavy atom. The predicted molar refractivity (Wildman–Crippen MR) is 32.8 cm³/mol. The number of hydrogen-bond acceptors (Lipinski definition) is 3. The second kappa shape index (κ2) is 2.59. The maximum absolute atomic E-state index is 10.2. The molecule has 0 radical (unpaired) electrons. The molecule has 0 amide bonds. The van der Waals surface area contributed by atoms with Gasteiger partial charge < -0.3 is 5.11 Å². The van der Waals surface area contributed by atoms with Crippen molar-refractivity contribution in [2.75, 3.05) is 13.1 Å². The lowest BCUT2D eigenvalue weighted by atomic mass is 10.3. The normalized spacial score (nSPS) is 26.0. The molecule has 1 atom stereocenters. The molecule has 0 saturated carbocycles. The van der Waals surface area contributed by atoms with Crippen LogP contribution in [0.5, 0.6) is 0 Å². The molecule has 1 aliphatic rings. The van der Waals surface area contributed by atoms with Gasteiger partial charge in [-0.2, -0.15) is 0 Å². The third-order valence-electron chi connectivity index (χ3n) is 1.13. The van der Waals surface area contributed by atoms with Crippen molar-refractivity contribution in [1.29, 1.82) is 0 Å². The average molecular weight is 128 g/mol. The van der Waals surface area contributed by atoms with E-state index in [9.17, 15) is 4.79 Å². The summed E-state index contributed by atoms with van der Waals surface area (Å²) in [5.74, 6) is -0.863. The summed E-state index contributed by atoms with van der Waals surface area (Å²) in [6, 6.07) is -0.571. The smallest absolute Gasteiger partial charge is 0.326 e. The second-order valence-corrected chi connectivity index (χ2v) is 1.83. The molecule has 0 aromatic heterocycles. The first kappa shape index (κ1) is 6.22. The highest BCUT2D eigenvalue weighted by atomic mass is 16.4. The van der Waals surface area contributed by atoms with Gasteiger partial charge in [0, 0.05) is 12.8 Å². The van der Waals surface area contributed by atoms with Gasteiger partial charge in [0.25, 0.3) is 0 Å². The van der Waals surface area contributed by atoms with Gasteiger partial charge in [-0.15, -0.1) is 0 Å². The zero-order chi connectivity index (χ0) is 6.69. The van der Waals surface area contributed by atoms with Crippen molar-refractivity contribution in [3.63, 3.8) is 0 Å². The van der Waals surface area contributed by atoms with Crippen LogP contribution in [0.2, 0.25) is 0 Å². The SMILES string of the molecule is O=C(O)C1C=NCCN1. The molecular formula is C5H8N2O2. The van der Waals surface area contributed by atoms with E-state index >= 15 is 0 Å². The van der Waals surface area contributed by atoms with Crippen LogP contribution in [0.3, 0.4) is 0 Å². The summed E-state index contributed by atoms with van der Waals surface area (Å²) in [7, 11) is 0. The van der Waals surface area contributed by atoms with Gasteiger partial charge in [-0.3, -0.25) is 15.1 Å². The number of aliphatic carboxylic acids is 1. The Morgan fingerprint density at radius 1 is 1.89 bits per heavy atom. The van der Waals surface area contributed by atoms with E-state index in [1.165, 1.54) is 6.21 Å². The van der Waals surface area contributed by atoms with Crippen LogP contribution in [-0.2, 0) is 4.79 Å². The largest absolute Gasteiger partial charge is 0.480 e. The fourth-order valence-electron chi connectivity index (χ4n) is 0.668. The molecule has 4 heteroatoms. The maximum Gasteiger partial charge on any atom is 0.326 e. The Balaban J connectivity index is 2.50. The van der Waals surface area contributed by atoms with Gasteiger partial charge in [-0.05, 0) is 0 Å². The summed E-state index contributed by atoms with van der Waals surface area (Å²) in [5.41, 5.74) is 0. The van der Waals surface area contributed by atoms with Crippen LogP contribution in [0, 0.1) is 0 Å². The van der Waals surface area contributed by atoms with Crippen molar-refractivity contribution in [2.24, 2.45) is 4.99 Å². The number of carbonyl (C=O) groups is 1. The molecule has 4 nitrogen and oxygen atoms in total. The lowest BCUT2D eigenvalue weighted by molar-refractivity contribution is -0.137. The highest BCUT2D eigenvalue weighted by Gasteiger charge is 2.14. The van der Waals surface area contributed by atoms with Gasteiger partial charge in [0.2, 0.25) is 0 Å². The fourth-order valence-corrected chi connectivity index (χ4v) is 0.668. The molecule has 1 heterocycles.